The molecule has 0 aliphatic carbocycles. The van der Waals surface area contributed by atoms with Crippen LogP contribution in [0.4, 0.5) is 5.69 Å². The summed E-state index contributed by atoms with van der Waals surface area (Å²) in [6.45, 7) is 5.06. The Kier molecular flexibility index (Phi) is 6.39. The summed E-state index contributed by atoms with van der Waals surface area (Å²) >= 11 is 7.60. The molecule has 0 spiro atoms. The molecule has 2 aromatic heterocycles. The van der Waals surface area contributed by atoms with Crippen LogP contribution >= 0.6 is 22.9 Å². The minimum Gasteiger partial charge on any atom is -0.489 e. The van der Waals surface area contributed by atoms with Gasteiger partial charge in [-0.05, 0) is 54.1 Å². The number of ether oxygens (including phenoxy) is 1. The fourth-order valence-electron chi connectivity index (χ4n) is 3.12. The summed E-state index contributed by atoms with van der Waals surface area (Å²) in [5.74, 6) is 0.698. The van der Waals surface area contributed by atoms with Gasteiger partial charge in [0, 0.05) is 16.8 Å². The van der Waals surface area contributed by atoms with Crippen molar-refractivity contribution < 1.29 is 9.53 Å². The van der Waals surface area contributed by atoms with E-state index in [1.165, 1.54) is 16.9 Å². The lowest BCUT2D eigenvalue weighted by Gasteiger charge is -2.09. The molecule has 4 rings (SSSR count). The average molecular weight is 452 g/mol. The van der Waals surface area contributed by atoms with E-state index in [2.05, 4.69) is 23.4 Å². The van der Waals surface area contributed by atoms with Crippen molar-refractivity contribution in [3.05, 3.63) is 98.5 Å². The summed E-state index contributed by atoms with van der Waals surface area (Å²) in [6.07, 6.45) is 3.42. The molecule has 2 heterocycles. The Morgan fingerprint density at radius 2 is 2.03 bits per heavy atom. The van der Waals surface area contributed by atoms with Crippen LogP contribution in [0, 0.1) is 13.8 Å². The highest BCUT2D eigenvalue weighted by atomic mass is 35.5. The third kappa shape index (κ3) is 5.16. The number of aryl methyl sites for hydroxylation is 1. The van der Waals surface area contributed by atoms with Gasteiger partial charge in [-0.1, -0.05) is 41.9 Å². The Morgan fingerprint density at radius 3 is 2.87 bits per heavy atom. The molecule has 0 aliphatic rings. The van der Waals surface area contributed by atoms with Crippen LogP contribution in [-0.2, 0) is 13.2 Å². The molecule has 31 heavy (non-hydrogen) atoms. The maximum absolute atomic E-state index is 12.6. The molecule has 5 nitrogen and oxygen atoms in total. The number of aromatic nitrogens is 2. The van der Waals surface area contributed by atoms with E-state index in [4.69, 9.17) is 16.3 Å². The SMILES string of the molecule is Cc1cccc(OCc2csc(C(=O)Nc3cnn(Cc4ccccc4Cl)c3)c2)c1C. The van der Waals surface area contributed by atoms with E-state index in [1.807, 2.05) is 54.8 Å². The smallest absolute Gasteiger partial charge is 0.265 e. The van der Waals surface area contributed by atoms with Crippen LogP contribution in [0.1, 0.15) is 31.9 Å². The number of amides is 1. The summed E-state index contributed by atoms with van der Waals surface area (Å²) in [5.41, 5.74) is 4.89. The number of hydrogen-bond acceptors (Lipinski definition) is 4. The molecule has 0 radical (unpaired) electrons. The number of anilines is 1. The molecule has 2 aromatic carbocycles. The Bertz CT molecular complexity index is 1220. The zero-order chi connectivity index (χ0) is 21.8. The van der Waals surface area contributed by atoms with Crippen LogP contribution in [0.5, 0.6) is 5.75 Å². The van der Waals surface area contributed by atoms with Crippen molar-refractivity contribution in [1.29, 1.82) is 0 Å². The van der Waals surface area contributed by atoms with Crippen LogP contribution in [0.15, 0.2) is 66.3 Å². The highest BCUT2D eigenvalue weighted by Gasteiger charge is 2.12. The van der Waals surface area contributed by atoms with Crippen LogP contribution < -0.4 is 10.1 Å². The Morgan fingerprint density at radius 1 is 1.19 bits per heavy atom. The summed E-state index contributed by atoms with van der Waals surface area (Å²) in [6, 6.07) is 15.5. The van der Waals surface area contributed by atoms with E-state index in [9.17, 15) is 4.79 Å². The number of hydrogen-bond donors (Lipinski definition) is 1. The number of thiophene rings is 1. The lowest BCUT2D eigenvalue weighted by Crippen LogP contribution is -2.09. The van der Waals surface area contributed by atoms with Crippen molar-refractivity contribution in [2.45, 2.75) is 27.0 Å². The van der Waals surface area contributed by atoms with Crippen molar-refractivity contribution in [2.24, 2.45) is 0 Å². The lowest BCUT2D eigenvalue weighted by atomic mass is 10.1. The van der Waals surface area contributed by atoms with Crippen molar-refractivity contribution in [3.63, 3.8) is 0 Å². The van der Waals surface area contributed by atoms with Gasteiger partial charge < -0.3 is 10.1 Å². The van der Waals surface area contributed by atoms with E-state index in [0.717, 1.165) is 22.4 Å². The highest BCUT2D eigenvalue weighted by molar-refractivity contribution is 7.12. The first-order valence-electron chi connectivity index (χ1n) is 9.83. The summed E-state index contributed by atoms with van der Waals surface area (Å²) in [7, 11) is 0. The number of rotatable bonds is 7. The fraction of sp³-hybridized carbons (Fsp3) is 0.167. The first-order chi connectivity index (χ1) is 15.0. The second kappa shape index (κ2) is 9.37. The van der Waals surface area contributed by atoms with E-state index in [1.54, 1.807) is 17.1 Å². The zero-order valence-corrected chi connectivity index (χ0v) is 18.8. The topological polar surface area (TPSA) is 56.1 Å². The zero-order valence-electron chi connectivity index (χ0n) is 17.3. The summed E-state index contributed by atoms with van der Waals surface area (Å²) < 4.78 is 7.68. The van der Waals surface area contributed by atoms with Crippen molar-refractivity contribution in [1.82, 2.24) is 9.78 Å². The van der Waals surface area contributed by atoms with E-state index in [0.29, 0.717) is 28.7 Å². The predicted octanol–water partition coefficient (Wildman–Crippen LogP) is 6.09. The number of carbonyl (C=O) groups is 1. The predicted molar refractivity (Wildman–Crippen MR) is 125 cm³/mol. The molecule has 0 aliphatic heterocycles. The van der Waals surface area contributed by atoms with Crippen LogP contribution in [0.2, 0.25) is 5.02 Å². The van der Waals surface area contributed by atoms with E-state index >= 15 is 0 Å². The molecule has 0 saturated heterocycles. The summed E-state index contributed by atoms with van der Waals surface area (Å²) in [4.78, 5) is 13.2. The highest BCUT2D eigenvalue weighted by Crippen LogP contribution is 2.24. The Balaban J connectivity index is 1.35. The molecule has 158 valence electrons. The minimum absolute atomic E-state index is 0.166. The van der Waals surface area contributed by atoms with E-state index in [-0.39, 0.29) is 5.91 Å². The third-order valence-corrected chi connectivity index (χ3v) is 6.35. The largest absolute Gasteiger partial charge is 0.489 e. The van der Waals surface area contributed by atoms with Gasteiger partial charge in [0.05, 0.1) is 23.3 Å². The molecule has 7 heteroatoms. The van der Waals surface area contributed by atoms with Gasteiger partial charge in [-0.3, -0.25) is 9.48 Å². The molecule has 0 bridgehead atoms. The number of carbonyl (C=O) groups excluding carboxylic acids is 1. The lowest BCUT2D eigenvalue weighted by molar-refractivity contribution is 0.103. The normalized spacial score (nSPS) is 10.8. The number of halogens is 1. The minimum atomic E-state index is -0.166. The van der Waals surface area contributed by atoms with Gasteiger partial charge in [0.15, 0.2) is 0 Å². The number of nitrogens with one attached hydrogen (secondary N) is 1. The monoisotopic (exact) mass is 451 g/mol. The molecule has 1 N–H and O–H groups in total. The molecule has 1 amide bonds. The van der Waals surface area contributed by atoms with Crippen LogP contribution in [0.25, 0.3) is 0 Å². The first kappa shape index (κ1) is 21.2. The van der Waals surface area contributed by atoms with Gasteiger partial charge in [-0.25, -0.2) is 0 Å². The van der Waals surface area contributed by atoms with Gasteiger partial charge in [0.25, 0.3) is 5.91 Å². The molecule has 0 atom stereocenters. The van der Waals surface area contributed by atoms with E-state index < -0.39 is 0 Å². The molecule has 4 aromatic rings. The summed E-state index contributed by atoms with van der Waals surface area (Å²) in [5, 5.41) is 9.84. The molecule has 0 fully saturated rings. The molecule has 0 saturated carbocycles. The Labute approximate surface area is 190 Å². The average Bonchev–Trinajstić information content (AvgIpc) is 3.40. The fourth-order valence-corrected chi connectivity index (χ4v) is 4.11. The van der Waals surface area contributed by atoms with Gasteiger partial charge in [0.1, 0.15) is 12.4 Å². The van der Waals surface area contributed by atoms with Crippen molar-refractivity contribution in [2.75, 3.05) is 5.32 Å². The quantitative estimate of drug-likeness (QED) is 0.369. The maximum atomic E-state index is 12.6. The standard InChI is InChI=1S/C24H22ClN3O2S/c1-16-6-5-9-22(17(16)2)30-14-18-10-23(31-15-18)24(29)27-20-11-26-28(13-20)12-19-7-3-4-8-21(19)25/h3-11,13,15H,12,14H2,1-2H3,(H,27,29). The van der Waals surface area contributed by atoms with Gasteiger partial charge >= 0.3 is 0 Å². The maximum Gasteiger partial charge on any atom is 0.265 e. The first-order valence-corrected chi connectivity index (χ1v) is 11.1. The van der Waals surface area contributed by atoms with Crippen molar-refractivity contribution in [3.8, 4) is 5.75 Å². The van der Waals surface area contributed by atoms with Crippen LogP contribution in [0.3, 0.4) is 0 Å². The number of benzene rings is 2. The van der Waals surface area contributed by atoms with Crippen LogP contribution in [-0.4, -0.2) is 15.7 Å². The molecule has 0 unspecified atom stereocenters. The van der Waals surface area contributed by atoms with Gasteiger partial charge in [0.2, 0.25) is 0 Å². The number of nitrogens with zero attached hydrogens (tertiary/aromatic N) is 2. The second-order valence-electron chi connectivity index (χ2n) is 7.28. The molecular weight excluding hydrogens is 430 g/mol. The van der Waals surface area contributed by atoms with Gasteiger partial charge in [-0.15, -0.1) is 11.3 Å². The third-order valence-electron chi connectivity index (χ3n) is 5.01. The van der Waals surface area contributed by atoms with Crippen molar-refractivity contribution >= 4 is 34.5 Å². The Hall–Kier alpha value is -3.09. The second-order valence-corrected chi connectivity index (χ2v) is 8.60. The molecular formula is C24H22ClN3O2S. The van der Waals surface area contributed by atoms with Gasteiger partial charge in [-0.2, -0.15) is 5.10 Å².